The van der Waals surface area contributed by atoms with Crippen LogP contribution in [0, 0.1) is 5.92 Å². The molecule has 0 N–H and O–H groups in total. The number of likely N-dealkylation sites (tertiary alicyclic amines) is 1. The largest absolute Gasteiger partial charge is 0.496 e. The Morgan fingerprint density at radius 2 is 2.26 bits per heavy atom. The van der Waals surface area contributed by atoms with Crippen LogP contribution in [0.1, 0.15) is 23.7 Å². The highest BCUT2D eigenvalue weighted by Gasteiger charge is 2.28. The fraction of sp³-hybridized carbons (Fsp3) is 0.500. The maximum absolute atomic E-state index is 12.6. The molecule has 1 aliphatic heterocycles. The molecule has 0 saturated carbocycles. The fourth-order valence-electron chi connectivity index (χ4n) is 2.22. The van der Waals surface area contributed by atoms with Crippen LogP contribution >= 0.6 is 27.5 Å². The summed E-state index contributed by atoms with van der Waals surface area (Å²) in [7, 11) is 1.56. The molecule has 1 amide bonds. The third-order valence-electron chi connectivity index (χ3n) is 3.55. The molecule has 5 heteroatoms. The lowest BCUT2D eigenvalue weighted by Gasteiger charge is -2.34. The second-order valence-electron chi connectivity index (χ2n) is 4.88. The van der Waals surface area contributed by atoms with Crippen LogP contribution in [0.15, 0.2) is 18.2 Å². The van der Waals surface area contributed by atoms with Gasteiger partial charge in [0.2, 0.25) is 0 Å². The number of piperidine rings is 1. The van der Waals surface area contributed by atoms with Crippen LogP contribution in [-0.2, 0) is 0 Å². The number of carbonyl (C=O) groups excluding carboxylic acids is 1. The zero-order valence-corrected chi connectivity index (χ0v) is 13.4. The van der Waals surface area contributed by atoms with E-state index in [1.54, 1.807) is 25.3 Å². The van der Waals surface area contributed by atoms with E-state index in [0.29, 0.717) is 27.1 Å². The van der Waals surface area contributed by atoms with Crippen molar-refractivity contribution in [3.8, 4) is 5.75 Å². The first kappa shape index (κ1) is 14.7. The number of hydrogen-bond acceptors (Lipinski definition) is 2. The molecule has 19 heavy (non-hydrogen) atoms. The van der Waals surface area contributed by atoms with Gasteiger partial charge >= 0.3 is 0 Å². The summed E-state index contributed by atoms with van der Waals surface area (Å²) in [5.74, 6) is 1.14. The number of ether oxygens (including phenoxy) is 1. The van der Waals surface area contributed by atoms with Crippen molar-refractivity contribution in [2.45, 2.75) is 18.2 Å². The molecular weight excluding hydrogens is 330 g/mol. The summed E-state index contributed by atoms with van der Waals surface area (Å²) in [6, 6.07) is 5.13. The number of carbonyl (C=O) groups is 1. The van der Waals surface area contributed by atoms with E-state index in [9.17, 15) is 4.79 Å². The molecule has 1 aromatic carbocycles. The average molecular weight is 347 g/mol. The van der Waals surface area contributed by atoms with Gasteiger partial charge in [0, 0.05) is 22.9 Å². The van der Waals surface area contributed by atoms with Gasteiger partial charge in [0.25, 0.3) is 5.91 Å². The lowest BCUT2D eigenvalue weighted by molar-refractivity contribution is 0.0702. The van der Waals surface area contributed by atoms with Crippen LogP contribution < -0.4 is 4.74 Å². The van der Waals surface area contributed by atoms with Gasteiger partial charge in [-0.3, -0.25) is 4.79 Å². The second kappa shape index (κ2) is 6.14. The van der Waals surface area contributed by atoms with Crippen LogP contribution in [0.25, 0.3) is 0 Å². The Kier molecular flexibility index (Phi) is 4.74. The summed E-state index contributed by atoms with van der Waals surface area (Å²) >= 11 is 9.61. The van der Waals surface area contributed by atoms with Crippen LogP contribution in [0.4, 0.5) is 0 Å². The summed E-state index contributed by atoms with van der Waals surface area (Å²) < 4.78 is 5.24. The van der Waals surface area contributed by atoms with Crippen molar-refractivity contribution in [3.05, 3.63) is 28.8 Å². The molecule has 2 unspecified atom stereocenters. The Bertz CT molecular complexity index is 481. The van der Waals surface area contributed by atoms with Crippen LogP contribution in [0.2, 0.25) is 5.02 Å². The number of halogens is 2. The molecule has 0 spiro atoms. The Morgan fingerprint density at radius 1 is 1.53 bits per heavy atom. The van der Waals surface area contributed by atoms with Crippen molar-refractivity contribution in [2.75, 3.05) is 20.2 Å². The highest BCUT2D eigenvalue weighted by molar-refractivity contribution is 9.09. The van der Waals surface area contributed by atoms with E-state index >= 15 is 0 Å². The van der Waals surface area contributed by atoms with Crippen molar-refractivity contribution >= 4 is 33.4 Å². The summed E-state index contributed by atoms with van der Waals surface area (Å²) in [5, 5.41) is 0.546. The van der Waals surface area contributed by atoms with Crippen molar-refractivity contribution in [1.29, 1.82) is 0 Å². The summed E-state index contributed by atoms with van der Waals surface area (Å²) in [4.78, 5) is 14.7. The maximum atomic E-state index is 12.6. The molecule has 1 heterocycles. The highest BCUT2D eigenvalue weighted by atomic mass is 79.9. The van der Waals surface area contributed by atoms with Gasteiger partial charge in [-0.25, -0.2) is 0 Å². The van der Waals surface area contributed by atoms with Crippen molar-refractivity contribution in [3.63, 3.8) is 0 Å². The van der Waals surface area contributed by atoms with Crippen LogP contribution in [0.3, 0.4) is 0 Å². The molecule has 104 valence electrons. The predicted octanol–water partition coefficient (Wildman–Crippen LogP) is 3.59. The quantitative estimate of drug-likeness (QED) is 0.766. The van der Waals surface area contributed by atoms with E-state index in [4.69, 9.17) is 16.3 Å². The normalized spacial score (nSPS) is 23.3. The molecule has 2 rings (SSSR count). The number of nitrogens with zero attached hydrogens (tertiary/aromatic N) is 1. The number of rotatable bonds is 2. The van der Waals surface area contributed by atoms with Crippen molar-refractivity contribution in [2.24, 2.45) is 5.92 Å². The van der Waals surface area contributed by atoms with E-state index in [0.717, 1.165) is 19.5 Å². The first-order valence-electron chi connectivity index (χ1n) is 6.29. The van der Waals surface area contributed by atoms with E-state index < -0.39 is 0 Å². The molecule has 0 radical (unpaired) electrons. The Hall–Kier alpha value is -0.740. The van der Waals surface area contributed by atoms with Gasteiger partial charge in [0.15, 0.2) is 0 Å². The summed E-state index contributed by atoms with van der Waals surface area (Å²) in [6.07, 6.45) is 1.00. The zero-order chi connectivity index (χ0) is 14.0. The van der Waals surface area contributed by atoms with Gasteiger partial charge in [0.05, 0.1) is 12.7 Å². The Morgan fingerprint density at radius 3 is 2.89 bits per heavy atom. The third kappa shape index (κ3) is 3.23. The smallest absolute Gasteiger partial charge is 0.257 e. The standard InChI is InChI=1S/C14H17BrClNO2/c1-9-5-6-17(8-12(9)15)14(18)11-7-10(16)3-4-13(11)19-2/h3-4,7,9,12H,5-6,8H2,1-2H3. The molecule has 1 aliphatic rings. The molecule has 0 bridgehead atoms. The Balaban J connectivity index is 2.22. The van der Waals surface area contributed by atoms with E-state index in [1.807, 2.05) is 4.90 Å². The van der Waals surface area contributed by atoms with E-state index in [2.05, 4.69) is 22.9 Å². The van der Waals surface area contributed by atoms with Gasteiger partial charge < -0.3 is 9.64 Å². The highest BCUT2D eigenvalue weighted by Crippen LogP contribution is 2.28. The number of alkyl halides is 1. The second-order valence-corrected chi connectivity index (χ2v) is 6.49. The lowest BCUT2D eigenvalue weighted by atomic mass is 9.98. The zero-order valence-electron chi connectivity index (χ0n) is 11.0. The fourth-order valence-corrected chi connectivity index (χ4v) is 3.01. The topological polar surface area (TPSA) is 29.5 Å². The molecule has 1 fully saturated rings. The molecule has 1 aromatic rings. The number of amides is 1. The van der Waals surface area contributed by atoms with Gasteiger partial charge in [0.1, 0.15) is 5.75 Å². The molecule has 3 nitrogen and oxygen atoms in total. The number of benzene rings is 1. The number of methoxy groups -OCH3 is 1. The molecule has 1 saturated heterocycles. The third-order valence-corrected chi connectivity index (χ3v) is 4.97. The van der Waals surface area contributed by atoms with Crippen LogP contribution in [0.5, 0.6) is 5.75 Å². The van der Waals surface area contributed by atoms with Crippen LogP contribution in [-0.4, -0.2) is 35.8 Å². The molecule has 0 aromatic heterocycles. The SMILES string of the molecule is COc1ccc(Cl)cc1C(=O)N1CCC(C)C(Br)C1. The number of hydrogen-bond donors (Lipinski definition) is 0. The minimum atomic E-state index is -0.0179. The Labute approximate surface area is 127 Å². The molecular formula is C14H17BrClNO2. The predicted molar refractivity (Wildman–Crippen MR) is 80.4 cm³/mol. The van der Waals surface area contributed by atoms with Gasteiger partial charge in [-0.15, -0.1) is 0 Å². The lowest BCUT2D eigenvalue weighted by Crippen LogP contribution is -2.43. The maximum Gasteiger partial charge on any atom is 0.257 e. The monoisotopic (exact) mass is 345 g/mol. The summed E-state index contributed by atoms with van der Waals surface area (Å²) in [5.41, 5.74) is 0.532. The minimum Gasteiger partial charge on any atom is -0.496 e. The average Bonchev–Trinajstić information content (AvgIpc) is 2.41. The molecule has 0 aliphatic carbocycles. The molecule has 2 atom stereocenters. The van der Waals surface area contributed by atoms with Crippen molar-refractivity contribution in [1.82, 2.24) is 4.90 Å². The first-order valence-corrected chi connectivity index (χ1v) is 7.59. The van der Waals surface area contributed by atoms with Gasteiger partial charge in [-0.2, -0.15) is 0 Å². The van der Waals surface area contributed by atoms with Crippen molar-refractivity contribution < 1.29 is 9.53 Å². The minimum absolute atomic E-state index is 0.0179. The van der Waals surface area contributed by atoms with Gasteiger partial charge in [-0.05, 0) is 30.5 Å². The first-order chi connectivity index (χ1) is 9.02. The summed E-state index contributed by atoms with van der Waals surface area (Å²) in [6.45, 7) is 3.69. The van der Waals surface area contributed by atoms with Gasteiger partial charge in [-0.1, -0.05) is 34.5 Å². The van der Waals surface area contributed by atoms with E-state index in [-0.39, 0.29) is 5.91 Å². The van der Waals surface area contributed by atoms with E-state index in [1.165, 1.54) is 0 Å².